The molecule has 0 radical (unpaired) electrons. The van der Waals surface area contributed by atoms with E-state index in [1.54, 1.807) is 13.3 Å². The van der Waals surface area contributed by atoms with E-state index in [1.165, 1.54) is 6.92 Å². The normalized spacial score (nSPS) is 10.8. The highest BCUT2D eigenvalue weighted by Crippen LogP contribution is 2.26. The molecular weight excluding hydrogens is 334 g/mol. The second-order valence-electron chi connectivity index (χ2n) is 5.86. The zero-order valence-electron chi connectivity index (χ0n) is 15.0. The van der Waals surface area contributed by atoms with Gasteiger partial charge in [-0.2, -0.15) is 9.97 Å². The Morgan fingerprint density at radius 3 is 2.46 bits per heavy atom. The average molecular weight is 353 g/mol. The van der Waals surface area contributed by atoms with Gasteiger partial charge < -0.3 is 9.47 Å². The van der Waals surface area contributed by atoms with Crippen LogP contribution in [0.2, 0.25) is 0 Å². The molecule has 2 aromatic heterocycles. The predicted octanol–water partition coefficient (Wildman–Crippen LogP) is 2.84. The molecule has 0 aliphatic rings. The first-order chi connectivity index (χ1) is 12.5. The number of carbonyl (C=O) groups excluding carboxylic acids is 1. The lowest BCUT2D eigenvalue weighted by Gasteiger charge is -2.12. The number of carbonyl (C=O) groups is 1. The minimum atomic E-state index is -0.275. The number of anilines is 1. The van der Waals surface area contributed by atoms with Gasteiger partial charge in [-0.05, 0) is 38.1 Å². The monoisotopic (exact) mass is 353 g/mol. The third kappa shape index (κ3) is 3.85. The van der Waals surface area contributed by atoms with Crippen LogP contribution in [0.25, 0.3) is 22.4 Å². The van der Waals surface area contributed by atoms with Gasteiger partial charge in [0.25, 0.3) is 0 Å². The second kappa shape index (κ2) is 7.30. The van der Waals surface area contributed by atoms with Gasteiger partial charge in [0.15, 0.2) is 11.2 Å². The Bertz CT molecular complexity index is 941. The fourth-order valence-electron chi connectivity index (χ4n) is 2.30. The molecule has 8 heteroatoms. The van der Waals surface area contributed by atoms with E-state index in [9.17, 15) is 4.79 Å². The standard InChI is InChI=1S/C18H19N5O3/c1-10(2)26-17-15-16(22-18(23-17)20-11(3)24)19-9-14(21-15)12-5-7-13(25-4)8-6-12/h5-10H,1-4H3,(H,19,20,22,23,24). The van der Waals surface area contributed by atoms with E-state index < -0.39 is 0 Å². The molecule has 0 atom stereocenters. The van der Waals surface area contributed by atoms with E-state index in [0.717, 1.165) is 11.3 Å². The van der Waals surface area contributed by atoms with Crippen molar-refractivity contribution in [2.45, 2.75) is 26.9 Å². The van der Waals surface area contributed by atoms with Gasteiger partial charge in [-0.25, -0.2) is 9.97 Å². The van der Waals surface area contributed by atoms with E-state index in [4.69, 9.17) is 9.47 Å². The van der Waals surface area contributed by atoms with Gasteiger partial charge in [-0.15, -0.1) is 0 Å². The molecule has 26 heavy (non-hydrogen) atoms. The number of nitrogens with one attached hydrogen (secondary N) is 1. The van der Waals surface area contributed by atoms with Crippen LogP contribution in [0.4, 0.5) is 5.95 Å². The summed E-state index contributed by atoms with van der Waals surface area (Å²) in [6.07, 6.45) is 1.50. The van der Waals surface area contributed by atoms with Crippen molar-refractivity contribution < 1.29 is 14.3 Å². The lowest BCUT2D eigenvalue weighted by atomic mass is 10.1. The fourth-order valence-corrected chi connectivity index (χ4v) is 2.30. The smallest absolute Gasteiger partial charge is 0.247 e. The first-order valence-corrected chi connectivity index (χ1v) is 8.09. The number of methoxy groups -OCH3 is 1. The molecule has 1 N–H and O–H groups in total. The van der Waals surface area contributed by atoms with Crippen LogP contribution in [0.5, 0.6) is 11.6 Å². The summed E-state index contributed by atoms with van der Waals surface area (Å²) >= 11 is 0. The molecule has 1 amide bonds. The summed E-state index contributed by atoms with van der Waals surface area (Å²) in [4.78, 5) is 28.7. The second-order valence-corrected chi connectivity index (χ2v) is 5.86. The zero-order valence-corrected chi connectivity index (χ0v) is 15.0. The maximum absolute atomic E-state index is 11.3. The maximum atomic E-state index is 11.3. The molecule has 3 rings (SSSR count). The van der Waals surface area contributed by atoms with Gasteiger partial charge in [0.05, 0.1) is 25.1 Å². The van der Waals surface area contributed by atoms with Crippen molar-refractivity contribution >= 4 is 23.0 Å². The van der Waals surface area contributed by atoms with Crippen LogP contribution in [0.15, 0.2) is 30.5 Å². The van der Waals surface area contributed by atoms with Gasteiger partial charge in [-0.1, -0.05) is 0 Å². The van der Waals surface area contributed by atoms with E-state index in [1.807, 2.05) is 38.1 Å². The molecule has 1 aromatic carbocycles. The predicted molar refractivity (Wildman–Crippen MR) is 97.2 cm³/mol. The number of hydrogen-bond acceptors (Lipinski definition) is 7. The molecule has 0 saturated carbocycles. The number of aromatic nitrogens is 4. The summed E-state index contributed by atoms with van der Waals surface area (Å²) in [6, 6.07) is 7.49. The van der Waals surface area contributed by atoms with Gasteiger partial charge in [0, 0.05) is 12.5 Å². The number of hydrogen-bond donors (Lipinski definition) is 1. The third-order valence-electron chi connectivity index (χ3n) is 3.40. The molecule has 0 aliphatic heterocycles. The van der Waals surface area contributed by atoms with E-state index >= 15 is 0 Å². The van der Waals surface area contributed by atoms with Gasteiger partial charge >= 0.3 is 0 Å². The van der Waals surface area contributed by atoms with Crippen molar-refractivity contribution in [2.24, 2.45) is 0 Å². The van der Waals surface area contributed by atoms with E-state index in [-0.39, 0.29) is 23.8 Å². The van der Waals surface area contributed by atoms with Crippen molar-refractivity contribution in [1.29, 1.82) is 0 Å². The lowest BCUT2D eigenvalue weighted by molar-refractivity contribution is -0.114. The minimum absolute atomic E-state index is 0.121. The number of benzene rings is 1. The van der Waals surface area contributed by atoms with Crippen LogP contribution < -0.4 is 14.8 Å². The van der Waals surface area contributed by atoms with Crippen LogP contribution >= 0.6 is 0 Å². The molecule has 2 heterocycles. The summed E-state index contributed by atoms with van der Waals surface area (Å²) in [7, 11) is 1.62. The molecule has 0 bridgehead atoms. The summed E-state index contributed by atoms with van der Waals surface area (Å²) in [5.41, 5.74) is 2.31. The summed E-state index contributed by atoms with van der Waals surface area (Å²) < 4.78 is 10.9. The minimum Gasteiger partial charge on any atom is -0.497 e. The Morgan fingerprint density at radius 2 is 1.85 bits per heavy atom. The van der Waals surface area contributed by atoms with Crippen molar-refractivity contribution in [3.05, 3.63) is 30.5 Å². The molecule has 0 spiro atoms. The number of rotatable bonds is 5. The Morgan fingerprint density at radius 1 is 1.12 bits per heavy atom. The number of ether oxygens (including phenoxy) is 2. The Labute approximate surface area is 150 Å². The van der Waals surface area contributed by atoms with Crippen LogP contribution in [-0.2, 0) is 4.79 Å². The van der Waals surface area contributed by atoms with Gasteiger partial charge in [0.1, 0.15) is 5.75 Å². The highest BCUT2D eigenvalue weighted by Gasteiger charge is 2.15. The topological polar surface area (TPSA) is 99.1 Å². The first kappa shape index (κ1) is 17.5. The fraction of sp³-hybridized carbons (Fsp3) is 0.278. The van der Waals surface area contributed by atoms with Crippen LogP contribution in [0.1, 0.15) is 20.8 Å². The molecule has 0 fully saturated rings. The maximum Gasteiger partial charge on any atom is 0.247 e. The van der Waals surface area contributed by atoms with Crippen molar-refractivity contribution in [1.82, 2.24) is 19.9 Å². The van der Waals surface area contributed by atoms with Crippen LogP contribution in [0, 0.1) is 0 Å². The molecule has 0 aliphatic carbocycles. The third-order valence-corrected chi connectivity index (χ3v) is 3.40. The van der Waals surface area contributed by atoms with Crippen molar-refractivity contribution in [3.8, 4) is 22.9 Å². The summed E-state index contributed by atoms with van der Waals surface area (Å²) in [5.74, 6) is 0.890. The highest BCUT2D eigenvalue weighted by molar-refractivity contribution is 5.88. The van der Waals surface area contributed by atoms with Gasteiger partial charge in [-0.3, -0.25) is 10.1 Å². The van der Waals surface area contributed by atoms with Crippen molar-refractivity contribution in [3.63, 3.8) is 0 Å². The Hall–Kier alpha value is -3.29. The zero-order chi connectivity index (χ0) is 18.7. The first-order valence-electron chi connectivity index (χ1n) is 8.09. The number of nitrogens with zero attached hydrogens (tertiary/aromatic N) is 4. The number of amides is 1. The van der Waals surface area contributed by atoms with Crippen molar-refractivity contribution in [2.75, 3.05) is 12.4 Å². The molecule has 0 saturated heterocycles. The summed E-state index contributed by atoms with van der Waals surface area (Å²) in [6.45, 7) is 5.15. The van der Waals surface area contributed by atoms with E-state index in [2.05, 4.69) is 25.3 Å². The highest BCUT2D eigenvalue weighted by atomic mass is 16.5. The largest absolute Gasteiger partial charge is 0.497 e. The molecule has 0 unspecified atom stereocenters. The van der Waals surface area contributed by atoms with E-state index in [0.29, 0.717) is 16.9 Å². The molecule has 3 aromatic rings. The molecular formula is C18H19N5O3. The molecule has 8 nitrogen and oxygen atoms in total. The Kier molecular flexibility index (Phi) is 4.92. The SMILES string of the molecule is COc1ccc(-c2cnc3nc(NC(C)=O)nc(OC(C)C)c3n2)cc1. The van der Waals surface area contributed by atoms with Gasteiger partial charge in [0.2, 0.25) is 17.7 Å². The Balaban J connectivity index is 2.09. The molecule has 134 valence electrons. The average Bonchev–Trinajstić information content (AvgIpc) is 2.60. The van der Waals surface area contributed by atoms with Crippen LogP contribution in [0.3, 0.4) is 0 Å². The lowest BCUT2D eigenvalue weighted by Crippen LogP contribution is -2.13. The quantitative estimate of drug-likeness (QED) is 0.753. The number of fused-ring (bicyclic) bond motifs is 1. The summed E-state index contributed by atoms with van der Waals surface area (Å²) in [5, 5.41) is 2.55. The van der Waals surface area contributed by atoms with Crippen LogP contribution in [-0.4, -0.2) is 39.1 Å².